The fourth-order valence-electron chi connectivity index (χ4n) is 4.11. The van der Waals surface area contributed by atoms with Crippen LogP contribution in [0.15, 0.2) is 58.4 Å². The molecular formula is C22H17N7OS. The number of aromatic amines is 1. The van der Waals surface area contributed by atoms with Crippen molar-refractivity contribution < 1.29 is 0 Å². The molecular weight excluding hydrogens is 410 g/mol. The van der Waals surface area contributed by atoms with E-state index >= 15 is 0 Å². The van der Waals surface area contributed by atoms with Crippen LogP contribution < -0.4 is 5.56 Å². The van der Waals surface area contributed by atoms with Gasteiger partial charge >= 0.3 is 0 Å². The van der Waals surface area contributed by atoms with Gasteiger partial charge in [-0.3, -0.25) is 9.89 Å². The second-order valence-corrected chi connectivity index (χ2v) is 8.23. The van der Waals surface area contributed by atoms with Crippen LogP contribution in [0.3, 0.4) is 0 Å². The average Bonchev–Trinajstić information content (AvgIpc) is 3.51. The normalized spacial score (nSPS) is 11.8. The number of thiazole rings is 1. The lowest BCUT2D eigenvalue weighted by molar-refractivity contribution is 0.647. The van der Waals surface area contributed by atoms with Gasteiger partial charge < -0.3 is 4.57 Å². The van der Waals surface area contributed by atoms with Gasteiger partial charge in [0.25, 0.3) is 5.56 Å². The molecule has 0 atom stereocenters. The van der Waals surface area contributed by atoms with E-state index in [1.807, 2.05) is 52.8 Å². The van der Waals surface area contributed by atoms with E-state index in [4.69, 9.17) is 4.98 Å². The Balaban J connectivity index is 1.47. The van der Waals surface area contributed by atoms with E-state index in [0.29, 0.717) is 18.5 Å². The highest BCUT2D eigenvalue weighted by Gasteiger charge is 2.16. The number of pyridine rings is 1. The van der Waals surface area contributed by atoms with Crippen LogP contribution in [0.25, 0.3) is 32.8 Å². The summed E-state index contributed by atoms with van der Waals surface area (Å²) in [4.78, 5) is 22.5. The van der Waals surface area contributed by atoms with Gasteiger partial charge in [0.15, 0.2) is 0 Å². The van der Waals surface area contributed by atoms with Gasteiger partial charge in [-0.1, -0.05) is 12.1 Å². The zero-order valence-corrected chi connectivity index (χ0v) is 17.4. The predicted octanol–water partition coefficient (Wildman–Crippen LogP) is 3.26. The van der Waals surface area contributed by atoms with E-state index in [-0.39, 0.29) is 5.56 Å². The zero-order chi connectivity index (χ0) is 20.9. The van der Waals surface area contributed by atoms with Crippen molar-refractivity contribution >= 4 is 44.2 Å². The highest BCUT2D eigenvalue weighted by molar-refractivity contribution is 7.07. The smallest absolute Gasteiger partial charge is 0.291 e. The Morgan fingerprint density at radius 2 is 2.00 bits per heavy atom. The Bertz CT molecular complexity index is 1630. The maximum Gasteiger partial charge on any atom is 0.291 e. The second kappa shape index (κ2) is 6.85. The molecule has 0 unspecified atom stereocenters. The molecule has 8 nitrogen and oxygen atoms in total. The minimum Gasteiger partial charge on any atom is -0.324 e. The molecule has 0 fully saturated rings. The number of fused-ring (bicyclic) bond motifs is 4. The molecule has 6 rings (SSSR count). The summed E-state index contributed by atoms with van der Waals surface area (Å²) in [7, 11) is 1.88. The number of nitrogens with zero attached hydrogens (tertiary/aromatic N) is 6. The van der Waals surface area contributed by atoms with Gasteiger partial charge in [0, 0.05) is 40.7 Å². The molecule has 5 heterocycles. The molecule has 9 heteroatoms. The molecule has 0 saturated heterocycles. The molecule has 0 bridgehead atoms. The molecule has 0 amide bonds. The number of benzene rings is 1. The van der Waals surface area contributed by atoms with Gasteiger partial charge in [-0.05, 0) is 23.8 Å². The van der Waals surface area contributed by atoms with Crippen molar-refractivity contribution in [3.8, 4) is 0 Å². The highest BCUT2D eigenvalue weighted by Crippen LogP contribution is 2.25. The summed E-state index contributed by atoms with van der Waals surface area (Å²) in [6, 6.07) is 9.91. The Kier molecular flexibility index (Phi) is 3.97. The molecule has 1 aromatic carbocycles. The van der Waals surface area contributed by atoms with Crippen molar-refractivity contribution in [1.29, 1.82) is 0 Å². The third-order valence-electron chi connectivity index (χ3n) is 5.64. The van der Waals surface area contributed by atoms with E-state index < -0.39 is 0 Å². The first kappa shape index (κ1) is 18.0. The van der Waals surface area contributed by atoms with Gasteiger partial charge in [0.1, 0.15) is 11.2 Å². The topological polar surface area (TPSA) is 94.3 Å². The van der Waals surface area contributed by atoms with Crippen LogP contribution in [0.2, 0.25) is 0 Å². The van der Waals surface area contributed by atoms with E-state index in [2.05, 4.69) is 20.3 Å². The van der Waals surface area contributed by atoms with Gasteiger partial charge in [-0.25, -0.2) is 14.6 Å². The summed E-state index contributed by atoms with van der Waals surface area (Å²) in [5, 5.41) is 16.3. The first-order valence-electron chi connectivity index (χ1n) is 9.81. The van der Waals surface area contributed by atoms with Crippen LogP contribution in [0.1, 0.15) is 17.0 Å². The zero-order valence-electron chi connectivity index (χ0n) is 16.6. The number of rotatable bonds is 4. The van der Waals surface area contributed by atoms with E-state index in [1.165, 1.54) is 4.68 Å². The van der Waals surface area contributed by atoms with Crippen LogP contribution in [0.5, 0.6) is 0 Å². The number of aromatic nitrogens is 7. The second-order valence-electron chi connectivity index (χ2n) is 7.51. The molecule has 31 heavy (non-hydrogen) atoms. The van der Waals surface area contributed by atoms with Crippen LogP contribution in [-0.2, 0) is 20.0 Å². The molecule has 0 spiro atoms. The summed E-state index contributed by atoms with van der Waals surface area (Å²) < 4.78 is 3.37. The van der Waals surface area contributed by atoms with Crippen LogP contribution in [0, 0.1) is 0 Å². The molecule has 5 aromatic heterocycles. The first-order valence-corrected chi connectivity index (χ1v) is 10.8. The lowest BCUT2D eigenvalue weighted by Crippen LogP contribution is -2.24. The molecule has 0 radical (unpaired) electrons. The number of hydrogen-bond acceptors (Lipinski definition) is 6. The SMILES string of the molecule is Cn1c2nc(Cc3cscn3)ccc2c2cnn(Cc3cccc4[nH]ncc34)c(=O)c21. The largest absolute Gasteiger partial charge is 0.324 e. The van der Waals surface area contributed by atoms with Gasteiger partial charge in [-0.2, -0.15) is 10.2 Å². The maximum atomic E-state index is 13.4. The van der Waals surface area contributed by atoms with Crippen molar-refractivity contribution in [3.63, 3.8) is 0 Å². The Morgan fingerprint density at radius 1 is 1.06 bits per heavy atom. The van der Waals surface area contributed by atoms with E-state index in [9.17, 15) is 4.79 Å². The minimum atomic E-state index is -0.139. The molecule has 152 valence electrons. The Hall–Kier alpha value is -3.85. The lowest BCUT2D eigenvalue weighted by atomic mass is 10.1. The third kappa shape index (κ3) is 2.85. The fourth-order valence-corrected chi connectivity index (χ4v) is 4.67. The Morgan fingerprint density at radius 3 is 2.87 bits per heavy atom. The Labute approximate surface area is 179 Å². The third-order valence-corrected chi connectivity index (χ3v) is 6.27. The van der Waals surface area contributed by atoms with Crippen LogP contribution in [-0.4, -0.2) is 34.5 Å². The number of H-pyrrole nitrogens is 1. The quantitative estimate of drug-likeness (QED) is 0.466. The van der Waals surface area contributed by atoms with Gasteiger partial charge in [0.05, 0.1) is 35.7 Å². The minimum absolute atomic E-state index is 0.139. The summed E-state index contributed by atoms with van der Waals surface area (Å²) in [5.74, 6) is 0. The monoisotopic (exact) mass is 427 g/mol. The van der Waals surface area contributed by atoms with Gasteiger partial charge in [0.2, 0.25) is 0 Å². The molecule has 6 aromatic rings. The molecule has 0 aliphatic rings. The summed E-state index contributed by atoms with van der Waals surface area (Å²) in [6.07, 6.45) is 4.20. The van der Waals surface area contributed by atoms with Crippen LogP contribution in [0.4, 0.5) is 0 Å². The number of nitrogens with one attached hydrogen (secondary N) is 1. The van der Waals surface area contributed by atoms with Crippen molar-refractivity contribution in [2.75, 3.05) is 0 Å². The summed E-state index contributed by atoms with van der Waals surface area (Å²) in [5.41, 5.74) is 6.90. The predicted molar refractivity (Wildman–Crippen MR) is 120 cm³/mol. The van der Waals surface area contributed by atoms with E-state index in [0.717, 1.165) is 44.3 Å². The van der Waals surface area contributed by atoms with Crippen molar-refractivity contribution in [1.82, 2.24) is 34.5 Å². The number of aryl methyl sites for hydroxylation is 1. The van der Waals surface area contributed by atoms with E-state index in [1.54, 1.807) is 23.7 Å². The van der Waals surface area contributed by atoms with Crippen molar-refractivity contribution in [2.45, 2.75) is 13.0 Å². The molecule has 0 aliphatic carbocycles. The molecule has 0 aliphatic heterocycles. The average molecular weight is 427 g/mol. The lowest BCUT2D eigenvalue weighted by Gasteiger charge is -2.06. The fraction of sp³-hybridized carbons (Fsp3) is 0.136. The summed E-state index contributed by atoms with van der Waals surface area (Å²) >= 11 is 1.57. The van der Waals surface area contributed by atoms with Gasteiger partial charge in [-0.15, -0.1) is 11.3 Å². The molecule has 1 N–H and O–H groups in total. The first-order chi connectivity index (χ1) is 15.2. The molecule has 0 saturated carbocycles. The van der Waals surface area contributed by atoms with Crippen molar-refractivity contribution in [3.05, 3.63) is 80.9 Å². The highest BCUT2D eigenvalue weighted by atomic mass is 32.1. The standard InChI is InChI=1S/C22H17N7OS/c1-28-20-18(16-6-5-14(26-21(16)28)7-15-11-31-12-23-15)9-25-29(22(20)30)10-13-3-2-4-19-17(13)8-24-27-19/h2-6,8-9,11-12H,7,10H2,1H3,(H,24,27). The maximum absolute atomic E-state index is 13.4. The van der Waals surface area contributed by atoms with Crippen LogP contribution >= 0.6 is 11.3 Å². The number of hydrogen-bond donors (Lipinski definition) is 1. The summed E-state index contributed by atoms with van der Waals surface area (Å²) in [6.45, 7) is 0.371. The van der Waals surface area contributed by atoms with Crippen molar-refractivity contribution in [2.24, 2.45) is 7.05 Å².